The van der Waals surface area contributed by atoms with Crippen LogP contribution in [0.1, 0.15) is 19.8 Å². The normalized spacial score (nSPS) is 15.0. The Kier molecular flexibility index (Phi) is 7.68. The maximum atomic E-state index is 12.1. The summed E-state index contributed by atoms with van der Waals surface area (Å²) in [4.78, 5) is 0. The monoisotopic (exact) mass is 297 g/mol. The molecular weight excluding hydrogens is 280 g/mol. The number of ether oxygens (including phenoxy) is 1. The molecule has 1 atom stereocenters. The molecule has 0 spiro atoms. The Morgan fingerprint density at radius 3 is 2.00 bits per heavy atom. The average Bonchev–Trinajstić information content (AvgIpc) is 2.24. The smallest absolute Gasteiger partial charge is 0.395 e. The van der Waals surface area contributed by atoms with Gasteiger partial charge in [0.05, 0.1) is 6.61 Å². The molecule has 0 aliphatic carbocycles. The predicted octanol–water partition coefficient (Wildman–Crippen LogP) is 2.25. The molecule has 9 heteroatoms. The minimum atomic E-state index is -5.50. The van der Waals surface area contributed by atoms with Crippen LogP contribution in [0, 0.1) is 0 Å². The predicted molar refractivity (Wildman–Crippen MR) is 55.6 cm³/mol. The van der Waals surface area contributed by atoms with Gasteiger partial charge >= 0.3 is 12.4 Å². The highest BCUT2D eigenvalue weighted by atomic mass is 19.4. The minimum Gasteiger partial charge on any atom is -0.395 e. The zero-order chi connectivity index (χ0) is 15.1. The molecule has 0 aromatic carbocycles. The lowest BCUT2D eigenvalue weighted by Crippen LogP contribution is -2.45. The van der Waals surface area contributed by atoms with Gasteiger partial charge in [-0.05, 0) is 19.4 Å². The van der Waals surface area contributed by atoms with Crippen molar-refractivity contribution >= 4 is 0 Å². The highest BCUT2D eigenvalue weighted by Gasteiger charge is 2.57. The Labute approximate surface area is 106 Å². The SMILES string of the molecule is CCCNC(CO)CCOC(C(F)(F)F)C(F)(F)F. The van der Waals surface area contributed by atoms with Crippen molar-refractivity contribution in [2.45, 2.75) is 44.3 Å². The molecule has 0 fully saturated rings. The molecular formula is C10H17F6NO2. The molecule has 0 aromatic rings. The van der Waals surface area contributed by atoms with Crippen molar-refractivity contribution in [2.75, 3.05) is 19.8 Å². The van der Waals surface area contributed by atoms with E-state index in [9.17, 15) is 26.3 Å². The largest absolute Gasteiger partial charge is 0.423 e. The lowest BCUT2D eigenvalue weighted by atomic mass is 10.2. The number of rotatable bonds is 8. The number of nitrogens with one attached hydrogen (secondary N) is 1. The van der Waals surface area contributed by atoms with Gasteiger partial charge in [0, 0.05) is 12.6 Å². The van der Waals surface area contributed by atoms with E-state index >= 15 is 0 Å². The first-order valence-electron chi connectivity index (χ1n) is 5.72. The van der Waals surface area contributed by atoms with Crippen LogP contribution < -0.4 is 5.32 Å². The van der Waals surface area contributed by atoms with Gasteiger partial charge in [-0.15, -0.1) is 0 Å². The Hall–Kier alpha value is -0.540. The van der Waals surface area contributed by atoms with E-state index in [0.717, 1.165) is 6.42 Å². The highest BCUT2D eigenvalue weighted by Crippen LogP contribution is 2.35. The molecule has 0 heterocycles. The van der Waals surface area contributed by atoms with E-state index in [0.29, 0.717) is 6.54 Å². The van der Waals surface area contributed by atoms with Crippen LogP contribution in [0.5, 0.6) is 0 Å². The van der Waals surface area contributed by atoms with Gasteiger partial charge in [-0.25, -0.2) is 0 Å². The summed E-state index contributed by atoms with van der Waals surface area (Å²) in [5, 5.41) is 11.7. The summed E-state index contributed by atoms with van der Waals surface area (Å²) in [5.74, 6) is 0. The van der Waals surface area contributed by atoms with Gasteiger partial charge < -0.3 is 15.2 Å². The van der Waals surface area contributed by atoms with Crippen molar-refractivity contribution < 1.29 is 36.2 Å². The number of aliphatic hydroxyl groups excluding tert-OH is 1. The van der Waals surface area contributed by atoms with Crippen LogP contribution in [-0.2, 0) is 4.74 Å². The van der Waals surface area contributed by atoms with Crippen LogP contribution >= 0.6 is 0 Å². The molecule has 0 amide bonds. The summed E-state index contributed by atoms with van der Waals surface area (Å²) in [7, 11) is 0. The van der Waals surface area contributed by atoms with Gasteiger partial charge in [-0.3, -0.25) is 0 Å². The van der Waals surface area contributed by atoms with Gasteiger partial charge in [-0.1, -0.05) is 6.92 Å². The number of halogens is 6. The van der Waals surface area contributed by atoms with Gasteiger partial charge in [-0.2, -0.15) is 26.3 Å². The van der Waals surface area contributed by atoms with E-state index in [1.54, 1.807) is 0 Å². The van der Waals surface area contributed by atoms with Crippen LogP contribution in [-0.4, -0.2) is 49.4 Å². The van der Waals surface area contributed by atoms with Crippen LogP contribution in [0.2, 0.25) is 0 Å². The van der Waals surface area contributed by atoms with Crippen molar-refractivity contribution in [3.05, 3.63) is 0 Å². The molecule has 2 N–H and O–H groups in total. The average molecular weight is 297 g/mol. The van der Waals surface area contributed by atoms with Crippen LogP contribution in [0.4, 0.5) is 26.3 Å². The van der Waals surface area contributed by atoms with Crippen LogP contribution in [0.3, 0.4) is 0 Å². The van der Waals surface area contributed by atoms with E-state index in [-0.39, 0.29) is 13.0 Å². The number of hydrogen-bond donors (Lipinski definition) is 2. The third-order valence-electron chi connectivity index (χ3n) is 2.25. The first kappa shape index (κ1) is 18.5. The highest BCUT2D eigenvalue weighted by molar-refractivity contribution is 4.76. The molecule has 3 nitrogen and oxygen atoms in total. The Morgan fingerprint density at radius 2 is 1.63 bits per heavy atom. The second-order valence-electron chi connectivity index (χ2n) is 3.96. The van der Waals surface area contributed by atoms with E-state index in [4.69, 9.17) is 5.11 Å². The molecule has 0 radical (unpaired) electrons. The number of aliphatic hydroxyl groups is 1. The number of alkyl halides is 6. The molecule has 1 unspecified atom stereocenters. The van der Waals surface area contributed by atoms with Crippen molar-refractivity contribution in [2.24, 2.45) is 0 Å². The fourth-order valence-electron chi connectivity index (χ4n) is 1.31. The molecule has 0 aliphatic rings. The summed E-state index contributed by atoms with van der Waals surface area (Å²) >= 11 is 0. The second kappa shape index (κ2) is 7.91. The Balaban J connectivity index is 4.26. The summed E-state index contributed by atoms with van der Waals surface area (Å²) < 4.78 is 76.6. The summed E-state index contributed by atoms with van der Waals surface area (Å²) in [6.45, 7) is 1.21. The molecule has 0 saturated heterocycles. The summed E-state index contributed by atoms with van der Waals surface area (Å²) in [6.07, 6.45) is -14.2. The second-order valence-corrected chi connectivity index (χ2v) is 3.96. The van der Waals surface area contributed by atoms with Crippen LogP contribution in [0.15, 0.2) is 0 Å². The maximum absolute atomic E-state index is 12.1. The zero-order valence-corrected chi connectivity index (χ0v) is 10.3. The Morgan fingerprint density at radius 1 is 1.11 bits per heavy atom. The quantitative estimate of drug-likeness (QED) is 0.675. The summed E-state index contributed by atoms with van der Waals surface area (Å²) in [5.41, 5.74) is 0. The Bertz CT molecular complexity index is 229. The first-order valence-corrected chi connectivity index (χ1v) is 5.72. The zero-order valence-electron chi connectivity index (χ0n) is 10.3. The lowest BCUT2D eigenvalue weighted by molar-refractivity contribution is -0.322. The topological polar surface area (TPSA) is 41.5 Å². The molecule has 19 heavy (non-hydrogen) atoms. The van der Waals surface area contributed by atoms with E-state index in [1.807, 2.05) is 6.92 Å². The van der Waals surface area contributed by atoms with Gasteiger partial charge in [0.15, 0.2) is 0 Å². The molecule has 0 saturated carbocycles. The molecule has 0 rings (SSSR count). The lowest BCUT2D eigenvalue weighted by Gasteiger charge is -2.24. The van der Waals surface area contributed by atoms with E-state index in [1.165, 1.54) is 0 Å². The minimum absolute atomic E-state index is 0.140. The van der Waals surface area contributed by atoms with Crippen LogP contribution in [0.25, 0.3) is 0 Å². The molecule has 0 aliphatic heterocycles. The number of hydrogen-bond acceptors (Lipinski definition) is 3. The molecule has 0 bridgehead atoms. The third-order valence-corrected chi connectivity index (χ3v) is 2.25. The maximum Gasteiger partial charge on any atom is 0.423 e. The first-order chi connectivity index (χ1) is 8.62. The van der Waals surface area contributed by atoms with Crippen molar-refractivity contribution in [1.29, 1.82) is 0 Å². The fourth-order valence-corrected chi connectivity index (χ4v) is 1.31. The fraction of sp³-hybridized carbons (Fsp3) is 1.00. The standard InChI is InChI=1S/C10H17F6NO2/c1-2-4-17-7(6-18)3-5-19-8(9(11,12)13)10(14,15)16/h7-8,17-18H,2-6H2,1H3. The van der Waals surface area contributed by atoms with E-state index < -0.39 is 31.1 Å². The van der Waals surface area contributed by atoms with Gasteiger partial charge in [0.2, 0.25) is 6.10 Å². The van der Waals surface area contributed by atoms with Crippen molar-refractivity contribution in [3.63, 3.8) is 0 Å². The molecule has 0 aromatic heterocycles. The molecule has 116 valence electrons. The van der Waals surface area contributed by atoms with E-state index in [2.05, 4.69) is 10.1 Å². The third kappa shape index (κ3) is 7.58. The van der Waals surface area contributed by atoms with Crippen molar-refractivity contribution in [1.82, 2.24) is 5.32 Å². The van der Waals surface area contributed by atoms with Gasteiger partial charge in [0.25, 0.3) is 0 Å². The van der Waals surface area contributed by atoms with Crippen molar-refractivity contribution in [3.8, 4) is 0 Å². The summed E-state index contributed by atoms with van der Waals surface area (Å²) in [6, 6.07) is -0.581. The van der Waals surface area contributed by atoms with Gasteiger partial charge in [0.1, 0.15) is 0 Å².